The molecular formula is C28H22O4. The van der Waals surface area contributed by atoms with Crippen LogP contribution in [-0.2, 0) is 4.79 Å². The maximum atomic E-state index is 13.2. The van der Waals surface area contributed by atoms with E-state index in [4.69, 9.17) is 4.74 Å². The summed E-state index contributed by atoms with van der Waals surface area (Å²) in [4.78, 5) is 25.8. The first kappa shape index (κ1) is 21.1. The molecule has 0 fully saturated rings. The van der Waals surface area contributed by atoms with Crippen molar-refractivity contribution in [3.63, 3.8) is 0 Å². The summed E-state index contributed by atoms with van der Waals surface area (Å²) in [7, 11) is 1.57. The molecule has 0 heterocycles. The first-order chi connectivity index (χ1) is 15.6. The highest BCUT2D eigenvalue weighted by Crippen LogP contribution is 2.34. The molecule has 0 amide bonds. The Morgan fingerprint density at radius 2 is 1.41 bits per heavy atom. The SMILES string of the molecule is COc1ccc(C(=O)C/C(=C(\C(=O)O)c2cccc3ccccc23)c2ccccc2)cc1. The van der Waals surface area contributed by atoms with Gasteiger partial charge in [0.15, 0.2) is 5.78 Å². The topological polar surface area (TPSA) is 63.6 Å². The Bertz CT molecular complexity index is 1300. The van der Waals surface area contributed by atoms with Crippen LogP contribution in [0.1, 0.15) is 27.9 Å². The van der Waals surface area contributed by atoms with E-state index in [1.165, 1.54) is 0 Å². The van der Waals surface area contributed by atoms with Crippen LogP contribution in [0.2, 0.25) is 0 Å². The molecule has 0 atom stereocenters. The predicted octanol–water partition coefficient (Wildman–Crippen LogP) is 6.12. The standard InChI is InChI=1S/C28H22O4/c1-32-22-16-14-21(15-17-22)26(29)18-25(20-8-3-2-4-9-20)27(28(30)31)24-13-7-11-19-10-5-6-12-23(19)24/h2-17H,18H2,1H3,(H,30,31)/b27-25+. The minimum absolute atomic E-state index is 0.0405. The summed E-state index contributed by atoms with van der Waals surface area (Å²) >= 11 is 0. The van der Waals surface area contributed by atoms with E-state index in [0.717, 1.165) is 10.8 Å². The molecule has 4 aromatic rings. The zero-order chi connectivity index (χ0) is 22.5. The number of ether oxygens (including phenoxy) is 1. The number of hydrogen-bond acceptors (Lipinski definition) is 3. The summed E-state index contributed by atoms with van der Waals surface area (Å²) in [5, 5.41) is 12.1. The Balaban J connectivity index is 1.90. The van der Waals surface area contributed by atoms with Gasteiger partial charge in [-0.15, -0.1) is 0 Å². The molecule has 4 aromatic carbocycles. The molecule has 4 heteroatoms. The van der Waals surface area contributed by atoms with Crippen molar-refractivity contribution in [1.29, 1.82) is 0 Å². The third-order valence-electron chi connectivity index (χ3n) is 5.45. The normalized spacial score (nSPS) is 11.7. The molecule has 0 saturated heterocycles. The number of fused-ring (bicyclic) bond motifs is 1. The summed E-state index contributed by atoms with van der Waals surface area (Å²) in [5.74, 6) is -0.574. The fourth-order valence-electron chi connectivity index (χ4n) is 3.86. The largest absolute Gasteiger partial charge is 0.497 e. The van der Waals surface area contributed by atoms with E-state index >= 15 is 0 Å². The Morgan fingerprint density at radius 3 is 2.09 bits per heavy atom. The van der Waals surface area contributed by atoms with Crippen molar-refractivity contribution >= 4 is 33.7 Å². The van der Waals surface area contributed by atoms with Crippen molar-refractivity contribution in [2.24, 2.45) is 0 Å². The van der Waals surface area contributed by atoms with Gasteiger partial charge < -0.3 is 9.84 Å². The number of rotatable bonds is 7. The number of carboxylic acid groups (broad SMARTS) is 1. The zero-order valence-corrected chi connectivity index (χ0v) is 17.6. The highest BCUT2D eigenvalue weighted by molar-refractivity contribution is 6.28. The lowest BCUT2D eigenvalue weighted by molar-refractivity contribution is -0.130. The molecule has 0 radical (unpaired) electrons. The number of carbonyl (C=O) groups is 2. The predicted molar refractivity (Wildman–Crippen MR) is 127 cm³/mol. The maximum absolute atomic E-state index is 13.2. The van der Waals surface area contributed by atoms with E-state index in [1.807, 2.05) is 66.7 Å². The fourth-order valence-corrected chi connectivity index (χ4v) is 3.86. The lowest BCUT2D eigenvalue weighted by atomic mass is 9.88. The molecule has 4 rings (SSSR count). The van der Waals surface area contributed by atoms with Gasteiger partial charge in [-0.05, 0) is 51.7 Å². The second-order valence-electron chi connectivity index (χ2n) is 7.38. The Kier molecular flexibility index (Phi) is 6.13. The molecule has 4 nitrogen and oxygen atoms in total. The van der Waals surface area contributed by atoms with Crippen molar-refractivity contribution < 1.29 is 19.4 Å². The highest BCUT2D eigenvalue weighted by Gasteiger charge is 2.22. The Hall–Kier alpha value is -4.18. The van der Waals surface area contributed by atoms with Crippen LogP contribution in [-0.4, -0.2) is 24.0 Å². The minimum atomic E-state index is -1.07. The van der Waals surface area contributed by atoms with E-state index in [9.17, 15) is 14.7 Å². The third kappa shape index (κ3) is 4.30. The molecular weight excluding hydrogens is 400 g/mol. The molecule has 32 heavy (non-hydrogen) atoms. The number of allylic oxidation sites excluding steroid dienone is 1. The number of Topliss-reactive ketones (excluding diaryl/α,β-unsaturated/α-hetero) is 1. The summed E-state index contributed by atoms with van der Waals surface area (Å²) in [6.07, 6.45) is -0.0405. The van der Waals surface area contributed by atoms with Crippen LogP contribution in [0.5, 0.6) is 5.75 Å². The Morgan fingerprint density at radius 1 is 0.750 bits per heavy atom. The van der Waals surface area contributed by atoms with E-state index in [-0.39, 0.29) is 17.8 Å². The van der Waals surface area contributed by atoms with Crippen LogP contribution >= 0.6 is 0 Å². The van der Waals surface area contributed by atoms with Gasteiger partial charge in [0.1, 0.15) is 5.75 Å². The van der Waals surface area contributed by atoms with Gasteiger partial charge in [-0.25, -0.2) is 4.79 Å². The van der Waals surface area contributed by atoms with Gasteiger partial charge in [-0.2, -0.15) is 0 Å². The van der Waals surface area contributed by atoms with Gasteiger partial charge in [-0.1, -0.05) is 72.8 Å². The van der Waals surface area contributed by atoms with E-state index < -0.39 is 5.97 Å². The fraction of sp³-hybridized carbons (Fsp3) is 0.0714. The first-order valence-electron chi connectivity index (χ1n) is 10.3. The van der Waals surface area contributed by atoms with Crippen LogP contribution in [0.4, 0.5) is 0 Å². The number of methoxy groups -OCH3 is 1. The average molecular weight is 422 g/mol. The zero-order valence-electron chi connectivity index (χ0n) is 17.6. The monoisotopic (exact) mass is 422 g/mol. The lowest BCUT2D eigenvalue weighted by Gasteiger charge is -2.15. The minimum Gasteiger partial charge on any atom is -0.497 e. The number of hydrogen-bond donors (Lipinski definition) is 1. The number of benzene rings is 4. The van der Waals surface area contributed by atoms with Crippen LogP contribution in [0.3, 0.4) is 0 Å². The van der Waals surface area contributed by atoms with Crippen molar-refractivity contribution in [3.8, 4) is 5.75 Å². The quantitative estimate of drug-likeness (QED) is 0.221. The number of carboxylic acids is 1. The number of ketones is 1. The van der Waals surface area contributed by atoms with Crippen LogP contribution in [0.15, 0.2) is 97.1 Å². The first-order valence-corrected chi connectivity index (χ1v) is 10.3. The number of aliphatic carboxylic acids is 1. The Labute approximate surface area is 186 Å². The molecule has 0 aromatic heterocycles. The molecule has 1 N–H and O–H groups in total. The van der Waals surface area contributed by atoms with Crippen molar-refractivity contribution in [1.82, 2.24) is 0 Å². The third-order valence-corrected chi connectivity index (χ3v) is 5.45. The molecule has 0 bridgehead atoms. The van der Waals surface area contributed by atoms with E-state index in [0.29, 0.717) is 28.0 Å². The molecule has 0 aliphatic carbocycles. The molecule has 0 aliphatic rings. The van der Waals surface area contributed by atoms with Gasteiger partial charge in [0.05, 0.1) is 12.7 Å². The average Bonchev–Trinajstić information content (AvgIpc) is 2.84. The second kappa shape index (κ2) is 9.31. The lowest BCUT2D eigenvalue weighted by Crippen LogP contribution is -2.08. The van der Waals surface area contributed by atoms with Crippen LogP contribution in [0.25, 0.3) is 21.9 Å². The summed E-state index contributed by atoms with van der Waals surface area (Å²) in [6.45, 7) is 0. The van der Waals surface area contributed by atoms with Crippen LogP contribution < -0.4 is 4.74 Å². The molecule has 0 spiro atoms. The second-order valence-corrected chi connectivity index (χ2v) is 7.38. The molecule has 158 valence electrons. The van der Waals surface area contributed by atoms with E-state index in [2.05, 4.69) is 0 Å². The summed E-state index contributed by atoms with van der Waals surface area (Å²) < 4.78 is 5.17. The van der Waals surface area contributed by atoms with E-state index in [1.54, 1.807) is 37.4 Å². The molecule has 0 unspecified atom stereocenters. The van der Waals surface area contributed by atoms with Crippen molar-refractivity contribution in [2.75, 3.05) is 7.11 Å². The van der Waals surface area contributed by atoms with Gasteiger partial charge in [0.2, 0.25) is 0 Å². The molecule has 0 aliphatic heterocycles. The highest BCUT2D eigenvalue weighted by atomic mass is 16.5. The van der Waals surface area contributed by atoms with Gasteiger partial charge in [0.25, 0.3) is 0 Å². The summed E-state index contributed by atoms with van der Waals surface area (Å²) in [6, 6.07) is 29.3. The number of carbonyl (C=O) groups excluding carboxylic acids is 1. The van der Waals surface area contributed by atoms with Gasteiger partial charge in [-0.3, -0.25) is 4.79 Å². The van der Waals surface area contributed by atoms with Crippen molar-refractivity contribution in [3.05, 3.63) is 114 Å². The van der Waals surface area contributed by atoms with Crippen LogP contribution in [0, 0.1) is 0 Å². The van der Waals surface area contributed by atoms with Gasteiger partial charge >= 0.3 is 5.97 Å². The van der Waals surface area contributed by atoms with Gasteiger partial charge in [0, 0.05) is 12.0 Å². The smallest absolute Gasteiger partial charge is 0.336 e. The maximum Gasteiger partial charge on any atom is 0.336 e. The summed E-state index contributed by atoms with van der Waals surface area (Å²) in [5.41, 5.74) is 2.42. The molecule has 0 saturated carbocycles. The van der Waals surface area contributed by atoms with Crippen molar-refractivity contribution in [2.45, 2.75) is 6.42 Å².